The van der Waals surface area contributed by atoms with E-state index in [0.29, 0.717) is 0 Å². The molecule has 0 saturated carbocycles. The highest BCUT2D eigenvalue weighted by Gasteiger charge is 2.10. The van der Waals surface area contributed by atoms with Crippen LogP contribution in [0.5, 0.6) is 0 Å². The van der Waals surface area contributed by atoms with Crippen LogP contribution in [0.25, 0.3) is 0 Å². The molecule has 1 fully saturated rings. The summed E-state index contributed by atoms with van der Waals surface area (Å²) in [5.74, 6) is 0. The van der Waals surface area contributed by atoms with Gasteiger partial charge in [0.15, 0.2) is 0 Å². The zero-order valence-electron chi connectivity index (χ0n) is 10.00. The van der Waals surface area contributed by atoms with Crippen LogP contribution in [0.1, 0.15) is 13.3 Å². The zero-order valence-corrected chi connectivity index (χ0v) is 10.00. The average molecular weight is 219 g/mol. The number of piperazine rings is 1. The van der Waals surface area contributed by atoms with Gasteiger partial charge in [-0.2, -0.15) is 0 Å². The fourth-order valence-corrected chi connectivity index (χ4v) is 2.00. The van der Waals surface area contributed by atoms with Crippen LogP contribution in [0.3, 0.4) is 0 Å². The molecule has 0 radical (unpaired) electrons. The fourth-order valence-electron chi connectivity index (χ4n) is 2.00. The van der Waals surface area contributed by atoms with Crippen molar-refractivity contribution in [2.24, 2.45) is 0 Å². The van der Waals surface area contributed by atoms with E-state index < -0.39 is 0 Å². The molecule has 1 aromatic carbocycles. The predicted octanol–water partition coefficient (Wildman–Crippen LogP) is 1.92. The molecule has 3 nitrogen and oxygen atoms in total. The quantitative estimate of drug-likeness (QED) is 0.810. The summed E-state index contributed by atoms with van der Waals surface area (Å²) in [6, 6.07) is 8.72. The maximum absolute atomic E-state index is 3.43. The summed E-state index contributed by atoms with van der Waals surface area (Å²) in [5.41, 5.74) is 2.57. The minimum Gasteiger partial charge on any atom is -0.385 e. The van der Waals surface area contributed by atoms with Crippen molar-refractivity contribution in [2.75, 3.05) is 42.9 Å². The van der Waals surface area contributed by atoms with Gasteiger partial charge in [-0.1, -0.05) is 13.0 Å². The molecule has 0 unspecified atom stereocenters. The van der Waals surface area contributed by atoms with E-state index in [2.05, 4.69) is 46.7 Å². The van der Waals surface area contributed by atoms with Crippen LogP contribution < -0.4 is 15.5 Å². The Morgan fingerprint density at radius 2 is 2.12 bits per heavy atom. The summed E-state index contributed by atoms with van der Waals surface area (Å²) in [6.45, 7) is 7.63. The lowest BCUT2D eigenvalue weighted by atomic mass is 10.2. The SMILES string of the molecule is CCCNc1cccc(N2CCNCC2)c1. The van der Waals surface area contributed by atoms with Gasteiger partial charge >= 0.3 is 0 Å². The molecular formula is C13H21N3. The first-order valence-electron chi connectivity index (χ1n) is 6.20. The van der Waals surface area contributed by atoms with Gasteiger partial charge in [-0.05, 0) is 24.6 Å². The molecule has 1 heterocycles. The molecule has 0 aliphatic carbocycles. The molecule has 3 heteroatoms. The Labute approximate surface area is 97.8 Å². The number of nitrogens with zero attached hydrogens (tertiary/aromatic N) is 1. The van der Waals surface area contributed by atoms with Gasteiger partial charge in [0.2, 0.25) is 0 Å². The summed E-state index contributed by atoms with van der Waals surface area (Å²) in [6.07, 6.45) is 1.16. The first-order chi connectivity index (χ1) is 7.90. The Morgan fingerprint density at radius 3 is 2.88 bits per heavy atom. The highest BCUT2D eigenvalue weighted by atomic mass is 15.2. The minimum absolute atomic E-state index is 1.05. The smallest absolute Gasteiger partial charge is 0.0387 e. The van der Waals surface area contributed by atoms with Crippen molar-refractivity contribution in [1.82, 2.24) is 5.32 Å². The topological polar surface area (TPSA) is 27.3 Å². The molecule has 0 aromatic heterocycles. The predicted molar refractivity (Wildman–Crippen MR) is 70.3 cm³/mol. The van der Waals surface area contributed by atoms with E-state index in [1.54, 1.807) is 0 Å². The van der Waals surface area contributed by atoms with E-state index in [9.17, 15) is 0 Å². The molecule has 0 bridgehead atoms. The molecule has 1 aliphatic rings. The number of hydrogen-bond acceptors (Lipinski definition) is 3. The van der Waals surface area contributed by atoms with Crippen molar-refractivity contribution < 1.29 is 0 Å². The Bertz CT molecular complexity index is 319. The van der Waals surface area contributed by atoms with E-state index in [1.165, 1.54) is 11.4 Å². The van der Waals surface area contributed by atoms with Crippen LogP contribution >= 0.6 is 0 Å². The number of hydrogen-bond donors (Lipinski definition) is 2. The normalized spacial score (nSPS) is 16.2. The molecule has 0 atom stereocenters. The minimum atomic E-state index is 1.05. The standard InChI is InChI=1S/C13H21N3/c1-2-6-15-12-4-3-5-13(11-12)16-9-7-14-8-10-16/h3-5,11,14-15H,2,6-10H2,1H3. The third-order valence-electron chi connectivity index (χ3n) is 2.91. The van der Waals surface area contributed by atoms with Crippen LogP contribution in [-0.4, -0.2) is 32.7 Å². The molecule has 0 spiro atoms. The van der Waals surface area contributed by atoms with Crippen molar-refractivity contribution in [3.63, 3.8) is 0 Å². The van der Waals surface area contributed by atoms with Crippen LogP contribution in [-0.2, 0) is 0 Å². The van der Waals surface area contributed by atoms with Gasteiger partial charge in [0.05, 0.1) is 0 Å². The molecule has 2 rings (SSSR count). The van der Waals surface area contributed by atoms with Gasteiger partial charge in [0.1, 0.15) is 0 Å². The number of rotatable bonds is 4. The highest BCUT2D eigenvalue weighted by Crippen LogP contribution is 2.19. The second-order valence-electron chi connectivity index (χ2n) is 4.21. The molecule has 2 N–H and O–H groups in total. The Hall–Kier alpha value is -1.22. The van der Waals surface area contributed by atoms with Crippen molar-refractivity contribution in [3.05, 3.63) is 24.3 Å². The van der Waals surface area contributed by atoms with Gasteiger partial charge in [-0.15, -0.1) is 0 Å². The van der Waals surface area contributed by atoms with Crippen LogP contribution in [0.2, 0.25) is 0 Å². The molecule has 16 heavy (non-hydrogen) atoms. The van der Waals surface area contributed by atoms with E-state index in [-0.39, 0.29) is 0 Å². The molecule has 1 saturated heterocycles. The Morgan fingerprint density at radius 1 is 1.31 bits per heavy atom. The number of nitrogens with one attached hydrogen (secondary N) is 2. The molecular weight excluding hydrogens is 198 g/mol. The van der Waals surface area contributed by atoms with Crippen LogP contribution in [0.4, 0.5) is 11.4 Å². The first kappa shape index (κ1) is 11.3. The fraction of sp³-hybridized carbons (Fsp3) is 0.538. The summed E-state index contributed by atoms with van der Waals surface area (Å²) in [7, 11) is 0. The number of anilines is 2. The monoisotopic (exact) mass is 219 g/mol. The lowest BCUT2D eigenvalue weighted by Gasteiger charge is -2.29. The maximum atomic E-state index is 3.43. The van der Waals surface area contributed by atoms with Gasteiger partial charge in [0.25, 0.3) is 0 Å². The highest BCUT2D eigenvalue weighted by molar-refractivity contribution is 5.58. The second-order valence-corrected chi connectivity index (χ2v) is 4.21. The molecule has 0 amide bonds. The molecule has 1 aromatic rings. The largest absolute Gasteiger partial charge is 0.385 e. The Balaban J connectivity index is 2.02. The zero-order chi connectivity index (χ0) is 11.2. The van der Waals surface area contributed by atoms with Gasteiger partial charge in [-0.3, -0.25) is 0 Å². The molecule has 1 aliphatic heterocycles. The van der Waals surface area contributed by atoms with Gasteiger partial charge in [-0.25, -0.2) is 0 Å². The van der Waals surface area contributed by atoms with Crippen LogP contribution in [0, 0.1) is 0 Å². The van der Waals surface area contributed by atoms with Crippen LogP contribution in [0.15, 0.2) is 24.3 Å². The van der Waals surface area contributed by atoms with E-state index in [0.717, 1.165) is 39.1 Å². The van der Waals surface area contributed by atoms with Crippen molar-refractivity contribution >= 4 is 11.4 Å². The van der Waals surface area contributed by atoms with Gasteiger partial charge < -0.3 is 15.5 Å². The first-order valence-corrected chi connectivity index (χ1v) is 6.20. The van der Waals surface area contributed by atoms with Gasteiger partial charge in [0, 0.05) is 44.1 Å². The van der Waals surface area contributed by atoms with E-state index >= 15 is 0 Å². The third kappa shape index (κ3) is 2.89. The summed E-state index contributed by atoms with van der Waals surface area (Å²) in [4.78, 5) is 2.44. The summed E-state index contributed by atoms with van der Waals surface area (Å²) in [5, 5.41) is 6.81. The lowest BCUT2D eigenvalue weighted by molar-refractivity contribution is 0.589. The molecule has 88 valence electrons. The Kier molecular flexibility index (Phi) is 4.05. The second kappa shape index (κ2) is 5.75. The summed E-state index contributed by atoms with van der Waals surface area (Å²) >= 11 is 0. The lowest BCUT2D eigenvalue weighted by Crippen LogP contribution is -2.43. The number of benzene rings is 1. The van der Waals surface area contributed by atoms with Crippen molar-refractivity contribution in [2.45, 2.75) is 13.3 Å². The maximum Gasteiger partial charge on any atom is 0.0387 e. The third-order valence-corrected chi connectivity index (χ3v) is 2.91. The summed E-state index contributed by atoms with van der Waals surface area (Å²) < 4.78 is 0. The van der Waals surface area contributed by atoms with Crippen molar-refractivity contribution in [3.8, 4) is 0 Å². The van der Waals surface area contributed by atoms with Crippen molar-refractivity contribution in [1.29, 1.82) is 0 Å². The van der Waals surface area contributed by atoms with E-state index in [1.807, 2.05) is 0 Å². The van der Waals surface area contributed by atoms with E-state index in [4.69, 9.17) is 0 Å². The average Bonchev–Trinajstić information content (AvgIpc) is 2.38.